The van der Waals surface area contributed by atoms with Crippen LogP contribution in [0, 0.1) is 0 Å². The molecule has 6 rings (SSSR count). The number of carbonyl (C=O) groups is 1. The van der Waals surface area contributed by atoms with Crippen LogP contribution in [0.25, 0.3) is 0 Å². The topological polar surface area (TPSA) is 59.0 Å². The van der Waals surface area contributed by atoms with Gasteiger partial charge in [-0.3, -0.25) is 4.79 Å². The molecule has 1 saturated carbocycles. The molecule has 2 aliphatic carbocycles. The molecule has 5 nitrogen and oxygen atoms in total. The van der Waals surface area contributed by atoms with E-state index >= 15 is 0 Å². The second-order valence-electron chi connectivity index (χ2n) is 9.14. The van der Waals surface area contributed by atoms with E-state index in [2.05, 4.69) is 40.0 Å². The average molecular weight is 470 g/mol. The number of Topliss-reactive ketones (excluding diaryl/α,β-unsaturated/α-hetero) is 1. The highest BCUT2D eigenvalue weighted by atomic mass is 79.9. The monoisotopic (exact) mass is 469 g/mol. The zero-order chi connectivity index (χ0) is 20.7. The van der Waals surface area contributed by atoms with E-state index < -0.39 is 17.1 Å². The smallest absolute Gasteiger partial charge is 0.174 e. The number of ketones is 1. The normalized spacial score (nSPS) is 33.9. The molecule has 0 unspecified atom stereocenters. The lowest BCUT2D eigenvalue weighted by molar-refractivity contribution is -0.215. The van der Waals surface area contributed by atoms with Gasteiger partial charge < -0.3 is 19.5 Å². The number of likely N-dealkylation sites (N-methyl/N-ethyl adjacent to an activating group) is 1. The molecule has 1 saturated heterocycles. The zero-order valence-corrected chi connectivity index (χ0v) is 18.4. The molecule has 2 bridgehead atoms. The number of rotatable bonds is 3. The second-order valence-corrected chi connectivity index (χ2v) is 10.1. The Balaban J connectivity index is 1.52. The Kier molecular flexibility index (Phi) is 3.97. The summed E-state index contributed by atoms with van der Waals surface area (Å²) in [6.07, 6.45) is 2.19. The van der Waals surface area contributed by atoms with E-state index in [0.29, 0.717) is 25.2 Å². The predicted molar refractivity (Wildman–Crippen MR) is 115 cm³/mol. The summed E-state index contributed by atoms with van der Waals surface area (Å²) in [6.45, 7) is 1.37. The quantitative estimate of drug-likeness (QED) is 0.741. The third kappa shape index (κ3) is 2.22. The van der Waals surface area contributed by atoms with Crippen LogP contribution in [-0.4, -0.2) is 47.1 Å². The number of phenolic OH excluding ortho intramolecular Hbond substituents is 1. The van der Waals surface area contributed by atoms with Gasteiger partial charge in [-0.2, -0.15) is 0 Å². The number of nitrogens with zero attached hydrogens (tertiary/aromatic N) is 1. The third-order valence-corrected chi connectivity index (χ3v) is 8.42. The molecule has 6 heteroatoms. The van der Waals surface area contributed by atoms with Gasteiger partial charge in [0.25, 0.3) is 0 Å². The van der Waals surface area contributed by atoms with Gasteiger partial charge in [0.1, 0.15) is 0 Å². The van der Waals surface area contributed by atoms with E-state index in [1.165, 1.54) is 5.56 Å². The van der Waals surface area contributed by atoms with Gasteiger partial charge in [-0.15, -0.1) is 0 Å². The molecule has 30 heavy (non-hydrogen) atoms. The Morgan fingerprint density at radius 1 is 1.23 bits per heavy atom. The van der Waals surface area contributed by atoms with Crippen molar-refractivity contribution in [2.24, 2.45) is 0 Å². The van der Waals surface area contributed by atoms with Crippen LogP contribution in [0.4, 0.5) is 0 Å². The van der Waals surface area contributed by atoms with Crippen LogP contribution < -0.4 is 4.74 Å². The minimum Gasteiger partial charge on any atom is -0.504 e. The Labute approximate surface area is 184 Å². The molecular weight excluding hydrogens is 446 g/mol. The fourth-order valence-electron chi connectivity index (χ4n) is 6.59. The van der Waals surface area contributed by atoms with Crippen molar-refractivity contribution in [3.63, 3.8) is 0 Å². The Hall–Kier alpha value is -1.89. The minimum absolute atomic E-state index is 0.129. The number of hydrogen-bond donors (Lipinski definition) is 1. The first-order valence-electron chi connectivity index (χ1n) is 10.6. The van der Waals surface area contributed by atoms with Crippen molar-refractivity contribution in [2.75, 3.05) is 13.6 Å². The SMILES string of the molecule is CN1CC[C@]23c4c5ccc(O)c4O[C@H]2C(=O)CC[C@@]3(OCc2ccc(Br)cc2)[C@H]1C5. The number of piperidine rings is 1. The fraction of sp³-hybridized carbons (Fsp3) is 0.458. The van der Waals surface area contributed by atoms with Crippen molar-refractivity contribution >= 4 is 21.7 Å². The van der Waals surface area contributed by atoms with Crippen molar-refractivity contribution in [2.45, 2.75) is 55.5 Å². The predicted octanol–water partition coefficient (Wildman–Crippen LogP) is 3.73. The van der Waals surface area contributed by atoms with Crippen molar-refractivity contribution in [3.8, 4) is 11.5 Å². The first-order chi connectivity index (χ1) is 14.5. The molecule has 0 amide bonds. The summed E-state index contributed by atoms with van der Waals surface area (Å²) in [6, 6.07) is 12.1. The molecule has 2 fully saturated rings. The van der Waals surface area contributed by atoms with Crippen LogP contribution in [0.2, 0.25) is 0 Å². The lowest BCUT2D eigenvalue weighted by Gasteiger charge is -2.64. The fourth-order valence-corrected chi connectivity index (χ4v) is 6.86. The van der Waals surface area contributed by atoms with Crippen LogP contribution in [0.15, 0.2) is 40.9 Å². The summed E-state index contributed by atoms with van der Waals surface area (Å²) in [5.74, 6) is 0.765. The number of ether oxygens (including phenoxy) is 2. The molecule has 0 radical (unpaired) electrons. The van der Waals surface area contributed by atoms with Gasteiger partial charge in [-0.1, -0.05) is 34.1 Å². The van der Waals surface area contributed by atoms with Crippen LogP contribution >= 0.6 is 15.9 Å². The van der Waals surface area contributed by atoms with E-state index in [9.17, 15) is 9.90 Å². The third-order valence-electron chi connectivity index (χ3n) is 7.90. The number of aromatic hydroxyl groups is 1. The minimum atomic E-state index is -0.574. The number of phenols is 1. The first-order valence-corrected chi connectivity index (χ1v) is 11.4. The molecule has 2 heterocycles. The largest absolute Gasteiger partial charge is 0.504 e. The van der Waals surface area contributed by atoms with Gasteiger partial charge in [0.05, 0.1) is 17.6 Å². The summed E-state index contributed by atoms with van der Waals surface area (Å²) in [5.41, 5.74) is 2.27. The van der Waals surface area contributed by atoms with Crippen LogP contribution in [0.5, 0.6) is 11.5 Å². The molecule has 2 aromatic rings. The number of carbonyl (C=O) groups excluding carboxylic acids is 1. The van der Waals surface area contributed by atoms with Crippen LogP contribution in [0.1, 0.15) is 36.0 Å². The van der Waals surface area contributed by atoms with Gasteiger partial charge in [0.2, 0.25) is 0 Å². The maximum absolute atomic E-state index is 13.1. The molecule has 1 spiro atoms. The Bertz CT molecular complexity index is 1050. The van der Waals surface area contributed by atoms with Gasteiger partial charge in [0.15, 0.2) is 23.4 Å². The van der Waals surface area contributed by atoms with E-state index in [0.717, 1.165) is 35.0 Å². The number of likely N-dealkylation sites (tertiary alicyclic amines) is 1. The maximum Gasteiger partial charge on any atom is 0.174 e. The van der Waals surface area contributed by atoms with Gasteiger partial charge in [-0.05, 0) is 62.2 Å². The summed E-state index contributed by atoms with van der Waals surface area (Å²) in [4.78, 5) is 15.5. The maximum atomic E-state index is 13.1. The highest BCUT2D eigenvalue weighted by Gasteiger charge is 2.73. The molecule has 2 aromatic carbocycles. The first kappa shape index (κ1) is 18.8. The van der Waals surface area contributed by atoms with Crippen molar-refractivity contribution in [1.82, 2.24) is 4.90 Å². The Morgan fingerprint density at radius 3 is 2.83 bits per heavy atom. The highest BCUT2D eigenvalue weighted by molar-refractivity contribution is 9.10. The highest BCUT2D eigenvalue weighted by Crippen LogP contribution is 2.65. The second kappa shape index (κ2) is 6.31. The van der Waals surface area contributed by atoms with Crippen LogP contribution in [0.3, 0.4) is 0 Å². The van der Waals surface area contributed by atoms with E-state index in [4.69, 9.17) is 9.47 Å². The summed E-state index contributed by atoms with van der Waals surface area (Å²) in [7, 11) is 2.16. The van der Waals surface area contributed by atoms with Gasteiger partial charge >= 0.3 is 0 Å². The Morgan fingerprint density at radius 2 is 2.03 bits per heavy atom. The van der Waals surface area contributed by atoms with Crippen LogP contribution in [-0.2, 0) is 28.0 Å². The van der Waals surface area contributed by atoms with Gasteiger partial charge in [0, 0.05) is 22.5 Å². The number of hydrogen-bond acceptors (Lipinski definition) is 5. The molecule has 4 atom stereocenters. The van der Waals surface area contributed by atoms with E-state index in [1.807, 2.05) is 18.2 Å². The van der Waals surface area contributed by atoms with E-state index in [-0.39, 0.29) is 17.6 Å². The lowest BCUT2D eigenvalue weighted by Crippen LogP contribution is -2.76. The van der Waals surface area contributed by atoms with Crippen molar-refractivity contribution in [3.05, 3.63) is 57.6 Å². The van der Waals surface area contributed by atoms with E-state index in [1.54, 1.807) is 6.07 Å². The molecule has 1 N–H and O–H groups in total. The molecule has 156 valence electrons. The molecule has 0 aromatic heterocycles. The molecule has 4 aliphatic rings. The summed E-state index contributed by atoms with van der Waals surface area (Å²) < 4.78 is 14.2. The molecular formula is C24H24BrNO4. The summed E-state index contributed by atoms with van der Waals surface area (Å²) in [5, 5.41) is 10.6. The number of halogens is 1. The zero-order valence-electron chi connectivity index (χ0n) is 16.9. The average Bonchev–Trinajstić information content (AvgIpc) is 3.10. The standard InChI is InChI=1S/C24H24BrNO4/c1-26-11-10-23-20-15-4-7-17(27)21(20)30-22(23)18(28)8-9-24(23,19(26)12-15)29-13-14-2-5-16(25)6-3-14/h2-7,19,22,27H,8-13H2,1H3/t19-,22+,23+,24-/m1/s1. The lowest BCUT2D eigenvalue weighted by atomic mass is 9.49. The molecule has 2 aliphatic heterocycles. The summed E-state index contributed by atoms with van der Waals surface area (Å²) >= 11 is 3.49. The van der Waals surface area contributed by atoms with Crippen molar-refractivity contribution in [1.29, 1.82) is 0 Å². The number of benzene rings is 2. The van der Waals surface area contributed by atoms with Gasteiger partial charge in [-0.25, -0.2) is 0 Å². The van der Waals surface area contributed by atoms with Crippen molar-refractivity contribution < 1.29 is 19.4 Å².